The van der Waals surface area contributed by atoms with Gasteiger partial charge < -0.3 is 14.4 Å². The quantitative estimate of drug-likeness (QED) is 0.531. The molecule has 1 heterocycles. The van der Waals surface area contributed by atoms with E-state index < -0.39 is 7.60 Å². The molecule has 0 aliphatic rings. The van der Waals surface area contributed by atoms with Gasteiger partial charge in [-0.3, -0.25) is 9.25 Å². The summed E-state index contributed by atoms with van der Waals surface area (Å²) in [5.74, 6) is 0. The molecule has 1 aromatic heterocycles. The predicted octanol–water partition coefficient (Wildman–Crippen LogP) is 2.36. The lowest BCUT2D eigenvalue weighted by atomic mass is 10.4. The van der Waals surface area contributed by atoms with E-state index in [9.17, 15) is 4.57 Å². The molecule has 0 saturated heterocycles. The first kappa shape index (κ1) is 17.4. The second kappa shape index (κ2) is 8.57. The van der Waals surface area contributed by atoms with Crippen molar-refractivity contribution in [1.29, 1.82) is 0 Å². The molecule has 0 amide bonds. The normalized spacial score (nSPS) is 12.0. The smallest absolute Gasteiger partial charge is 0.314 e. The molecule has 0 fully saturated rings. The Balaban J connectivity index is 2.27. The fourth-order valence-corrected chi connectivity index (χ4v) is 3.54. The SMILES string of the molecule is CCOP(=O)(CCNCCn1nc(C)cc1C)OCC. The van der Waals surface area contributed by atoms with Crippen LogP contribution in [0.15, 0.2) is 6.07 Å². The second-order valence-electron chi connectivity index (χ2n) is 4.57. The van der Waals surface area contributed by atoms with Crippen molar-refractivity contribution in [2.75, 3.05) is 32.5 Å². The monoisotopic (exact) mass is 303 g/mol. The van der Waals surface area contributed by atoms with Gasteiger partial charge in [0.05, 0.1) is 31.6 Å². The number of aromatic nitrogens is 2. The molecule has 0 aliphatic carbocycles. The van der Waals surface area contributed by atoms with Crippen molar-refractivity contribution in [3.05, 3.63) is 17.5 Å². The first-order chi connectivity index (χ1) is 9.50. The van der Waals surface area contributed by atoms with Crippen LogP contribution in [-0.4, -0.2) is 42.2 Å². The molecule has 0 aromatic carbocycles. The number of aryl methyl sites for hydroxylation is 2. The topological polar surface area (TPSA) is 65.4 Å². The van der Waals surface area contributed by atoms with Gasteiger partial charge in [-0.2, -0.15) is 5.10 Å². The van der Waals surface area contributed by atoms with Crippen LogP contribution in [0.1, 0.15) is 25.2 Å². The van der Waals surface area contributed by atoms with Gasteiger partial charge in [-0.1, -0.05) is 0 Å². The van der Waals surface area contributed by atoms with Crippen LogP contribution in [0.2, 0.25) is 0 Å². The molecule has 20 heavy (non-hydrogen) atoms. The van der Waals surface area contributed by atoms with E-state index in [1.807, 2.05) is 32.4 Å². The number of rotatable bonds is 10. The van der Waals surface area contributed by atoms with Gasteiger partial charge in [-0.05, 0) is 33.8 Å². The fourth-order valence-electron chi connectivity index (χ4n) is 1.99. The molecule has 0 saturated carbocycles. The van der Waals surface area contributed by atoms with Crippen molar-refractivity contribution in [2.24, 2.45) is 0 Å². The van der Waals surface area contributed by atoms with Crippen molar-refractivity contribution in [3.63, 3.8) is 0 Å². The summed E-state index contributed by atoms with van der Waals surface area (Å²) in [7, 11) is -2.92. The Bertz CT molecular complexity index is 438. The Kier molecular flexibility index (Phi) is 7.45. The summed E-state index contributed by atoms with van der Waals surface area (Å²) < 4.78 is 24.6. The molecule has 0 atom stereocenters. The van der Waals surface area contributed by atoms with Crippen molar-refractivity contribution in [3.8, 4) is 0 Å². The number of nitrogens with zero attached hydrogens (tertiary/aromatic N) is 2. The summed E-state index contributed by atoms with van der Waals surface area (Å²) in [4.78, 5) is 0. The van der Waals surface area contributed by atoms with Gasteiger partial charge in [-0.25, -0.2) is 0 Å². The highest BCUT2D eigenvalue weighted by Gasteiger charge is 2.22. The fraction of sp³-hybridized carbons (Fsp3) is 0.769. The van der Waals surface area contributed by atoms with E-state index in [0.29, 0.717) is 25.9 Å². The summed E-state index contributed by atoms with van der Waals surface area (Å²) in [6.07, 6.45) is 0.395. The second-order valence-corrected chi connectivity index (χ2v) is 6.76. The minimum Gasteiger partial charge on any atom is -0.314 e. The molecule has 0 radical (unpaired) electrons. The third-order valence-electron chi connectivity index (χ3n) is 2.82. The Hall–Kier alpha value is -0.680. The molecule has 1 rings (SSSR count). The number of hydrogen-bond acceptors (Lipinski definition) is 5. The molecule has 0 aliphatic heterocycles. The number of nitrogens with one attached hydrogen (secondary N) is 1. The van der Waals surface area contributed by atoms with Crippen LogP contribution in [0, 0.1) is 13.8 Å². The van der Waals surface area contributed by atoms with Crippen LogP contribution in [0.4, 0.5) is 0 Å². The van der Waals surface area contributed by atoms with E-state index in [1.54, 1.807) is 0 Å². The van der Waals surface area contributed by atoms with Crippen LogP contribution < -0.4 is 5.32 Å². The van der Waals surface area contributed by atoms with Crippen LogP contribution in [-0.2, 0) is 20.2 Å². The first-order valence-electron chi connectivity index (χ1n) is 7.10. The van der Waals surface area contributed by atoms with Gasteiger partial charge in [0.25, 0.3) is 0 Å². The summed E-state index contributed by atoms with van der Waals surface area (Å²) in [5.41, 5.74) is 2.18. The summed E-state index contributed by atoms with van der Waals surface area (Å²) in [5, 5.41) is 7.64. The highest BCUT2D eigenvalue weighted by molar-refractivity contribution is 7.53. The van der Waals surface area contributed by atoms with E-state index in [4.69, 9.17) is 9.05 Å². The minimum atomic E-state index is -2.92. The molecule has 0 unspecified atom stereocenters. The third kappa shape index (κ3) is 5.75. The van der Waals surface area contributed by atoms with Gasteiger partial charge in [0.15, 0.2) is 0 Å². The molecule has 0 bridgehead atoms. The van der Waals surface area contributed by atoms with E-state index >= 15 is 0 Å². The molecule has 0 spiro atoms. The van der Waals surface area contributed by atoms with Crippen LogP contribution in [0.25, 0.3) is 0 Å². The maximum atomic E-state index is 12.2. The minimum absolute atomic E-state index is 0.395. The van der Waals surface area contributed by atoms with Crippen molar-refractivity contribution >= 4 is 7.60 Å². The largest absolute Gasteiger partial charge is 0.331 e. The Morgan fingerprint density at radius 3 is 2.40 bits per heavy atom. The Morgan fingerprint density at radius 1 is 1.25 bits per heavy atom. The van der Waals surface area contributed by atoms with Gasteiger partial charge >= 0.3 is 7.60 Å². The van der Waals surface area contributed by atoms with E-state index in [2.05, 4.69) is 16.5 Å². The molecule has 7 heteroatoms. The predicted molar refractivity (Wildman–Crippen MR) is 80.3 cm³/mol. The maximum absolute atomic E-state index is 12.2. The van der Waals surface area contributed by atoms with Gasteiger partial charge in [0, 0.05) is 18.8 Å². The molecule has 1 aromatic rings. The summed E-state index contributed by atoms with van der Waals surface area (Å²) in [6, 6.07) is 2.05. The number of hydrogen-bond donors (Lipinski definition) is 1. The Labute approximate surface area is 121 Å². The molecule has 116 valence electrons. The van der Waals surface area contributed by atoms with Crippen LogP contribution >= 0.6 is 7.60 Å². The lowest BCUT2D eigenvalue weighted by Gasteiger charge is -2.17. The molecular weight excluding hydrogens is 277 g/mol. The van der Waals surface area contributed by atoms with Gasteiger partial charge in [0.2, 0.25) is 0 Å². The van der Waals surface area contributed by atoms with Crippen molar-refractivity contribution in [2.45, 2.75) is 34.2 Å². The molecule has 1 N–H and O–H groups in total. The standard InChI is InChI=1S/C13H26N3O3P/c1-5-18-20(17,19-6-2)10-8-14-7-9-16-13(4)11-12(3)15-16/h11,14H,5-10H2,1-4H3. The highest BCUT2D eigenvalue weighted by Crippen LogP contribution is 2.47. The van der Waals surface area contributed by atoms with Gasteiger partial charge in [0.1, 0.15) is 0 Å². The highest BCUT2D eigenvalue weighted by atomic mass is 31.2. The summed E-state index contributed by atoms with van der Waals surface area (Å²) >= 11 is 0. The van der Waals surface area contributed by atoms with Crippen LogP contribution in [0.5, 0.6) is 0 Å². The molecular formula is C13H26N3O3P. The van der Waals surface area contributed by atoms with E-state index in [0.717, 1.165) is 24.5 Å². The first-order valence-corrected chi connectivity index (χ1v) is 8.83. The Morgan fingerprint density at radius 2 is 1.90 bits per heavy atom. The average Bonchev–Trinajstić information content (AvgIpc) is 2.68. The zero-order valence-corrected chi connectivity index (χ0v) is 13.8. The van der Waals surface area contributed by atoms with Gasteiger partial charge in [-0.15, -0.1) is 0 Å². The zero-order valence-electron chi connectivity index (χ0n) is 12.9. The average molecular weight is 303 g/mol. The van der Waals surface area contributed by atoms with Crippen molar-refractivity contribution < 1.29 is 13.6 Å². The van der Waals surface area contributed by atoms with Crippen molar-refractivity contribution in [1.82, 2.24) is 15.1 Å². The molecule has 6 nitrogen and oxygen atoms in total. The summed E-state index contributed by atoms with van der Waals surface area (Å²) in [6.45, 7) is 10.7. The maximum Gasteiger partial charge on any atom is 0.331 e. The van der Waals surface area contributed by atoms with E-state index in [-0.39, 0.29) is 0 Å². The lowest BCUT2D eigenvalue weighted by Crippen LogP contribution is -2.24. The lowest BCUT2D eigenvalue weighted by molar-refractivity contribution is 0.220. The van der Waals surface area contributed by atoms with Crippen LogP contribution in [0.3, 0.4) is 0 Å². The van der Waals surface area contributed by atoms with E-state index in [1.165, 1.54) is 0 Å². The zero-order chi connectivity index (χ0) is 15.0. The third-order valence-corrected chi connectivity index (χ3v) is 4.89.